The highest BCUT2D eigenvalue weighted by atomic mass is 32.2. The zero-order valence-corrected chi connectivity index (χ0v) is 33.6. The van der Waals surface area contributed by atoms with Crippen molar-refractivity contribution in [3.8, 4) is 5.75 Å². The Balaban J connectivity index is 1.15. The first kappa shape index (κ1) is 42.1. The zero-order valence-electron chi connectivity index (χ0n) is 32.8. The lowest BCUT2D eigenvalue weighted by Crippen LogP contribution is -2.70. The maximum Gasteiger partial charge on any atom is 0.408 e. The van der Waals surface area contributed by atoms with Gasteiger partial charge in [-0.25, -0.2) is 27.0 Å². The van der Waals surface area contributed by atoms with E-state index in [0.29, 0.717) is 38.5 Å². The molecular formula is C40H45F6N5O8S. The number of aryl methyl sites for hydroxylation is 1. The van der Waals surface area contributed by atoms with Crippen LogP contribution in [0.3, 0.4) is 0 Å². The molecule has 8 rings (SSSR count). The van der Waals surface area contributed by atoms with Crippen molar-refractivity contribution in [1.82, 2.24) is 25.2 Å². The average molecular weight is 870 g/mol. The van der Waals surface area contributed by atoms with Gasteiger partial charge in [-0.15, -0.1) is 0 Å². The number of alkyl carbamates (subject to hydrolysis) is 1. The van der Waals surface area contributed by atoms with E-state index in [2.05, 4.69) is 25.1 Å². The molecule has 1 aromatic carbocycles. The lowest BCUT2D eigenvalue weighted by Gasteiger charge is -2.48. The van der Waals surface area contributed by atoms with Crippen LogP contribution in [0.4, 0.5) is 31.1 Å². The Labute approximate surface area is 341 Å². The van der Waals surface area contributed by atoms with Gasteiger partial charge in [0, 0.05) is 17.7 Å². The highest BCUT2D eigenvalue weighted by molar-refractivity contribution is 7.91. The highest BCUT2D eigenvalue weighted by Gasteiger charge is 2.74. The second-order valence-corrected chi connectivity index (χ2v) is 19.6. The smallest absolute Gasteiger partial charge is 0.408 e. The first-order valence-electron chi connectivity index (χ1n) is 20.1. The lowest BCUT2D eigenvalue weighted by atomic mass is 9.65. The van der Waals surface area contributed by atoms with Gasteiger partial charge in [0.1, 0.15) is 23.2 Å². The van der Waals surface area contributed by atoms with Crippen molar-refractivity contribution in [1.29, 1.82) is 0 Å². The number of pyridine rings is 1. The van der Waals surface area contributed by atoms with Gasteiger partial charge >= 0.3 is 17.9 Å². The SMILES string of the molecule is Cc1nc2ccccc2c2c1OC1(CC3C(=O)NC4(C(=O)NS(=O)(=O)C5(C)CC5)CCC4C=CCCCCCC(NC(=O)OC4CC(F)(F)C4(F)F)C(=O)N3C1)CC2(F)F. The van der Waals surface area contributed by atoms with E-state index >= 15 is 8.78 Å². The second kappa shape index (κ2) is 14.2. The zero-order chi connectivity index (χ0) is 43.3. The van der Waals surface area contributed by atoms with Crippen molar-refractivity contribution in [2.75, 3.05) is 6.54 Å². The molecule has 6 unspecified atom stereocenters. The molecule has 0 bridgehead atoms. The number of sulfonamides is 1. The summed E-state index contributed by atoms with van der Waals surface area (Å²) in [4.78, 5) is 61.9. The molecule has 3 saturated carbocycles. The summed E-state index contributed by atoms with van der Waals surface area (Å²) in [6.07, 6.45) is -1.02. The van der Waals surface area contributed by atoms with E-state index in [9.17, 15) is 45.2 Å². The molecule has 1 aromatic heterocycles. The van der Waals surface area contributed by atoms with Gasteiger partial charge in [0.05, 0.1) is 40.9 Å². The van der Waals surface area contributed by atoms with Crippen LogP contribution >= 0.6 is 0 Å². The van der Waals surface area contributed by atoms with Crippen LogP contribution in [0.2, 0.25) is 0 Å². The number of alkyl halides is 6. The Kier molecular flexibility index (Phi) is 9.98. The molecule has 4 heterocycles. The van der Waals surface area contributed by atoms with Crippen LogP contribution in [0, 0.1) is 12.8 Å². The van der Waals surface area contributed by atoms with E-state index in [1.807, 2.05) is 0 Å². The minimum Gasteiger partial charge on any atom is -0.483 e. The summed E-state index contributed by atoms with van der Waals surface area (Å²) in [6.45, 7) is 2.31. The fraction of sp³-hybridized carbons (Fsp3) is 0.625. The maximum absolute atomic E-state index is 16.7. The minimum absolute atomic E-state index is 0.00161. The van der Waals surface area contributed by atoms with Crippen LogP contribution in [0.15, 0.2) is 36.4 Å². The first-order chi connectivity index (χ1) is 28.0. The summed E-state index contributed by atoms with van der Waals surface area (Å²) in [6, 6.07) is 2.98. The number of fused-ring (bicyclic) bond motifs is 5. The molecule has 6 aliphatic rings. The number of halogens is 6. The third kappa shape index (κ3) is 6.93. The van der Waals surface area contributed by atoms with Gasteiger partial charge < -0.3 is 25.0 Å². The molecule has 4 amide bonds. The number of rotatable bonds is 5. The topological polar surface area (TPSA) is 173 Å². The molecule has 3 aliphatic carbocycles. The Bertz CT molecular complexity index is 2290. The number of carbonyl (C=O) groups excluding carboxylic acids is 4. The van der Waals surface area contributed by atoms with Crippen molar-refractivity contribution in [3.63, 3.8) is 0 Å². The fourth-order valence-electron chi connectivity index (χ4n) is 9.13. The normalized spacial score (nSPS) is 32.6. The van der Waals surface area contributed by atoms with Gasteiger partial charge in [-0.2, -0.15) is 17.6 Å². The quantitative estimate of drug-likeness (QED) is 0.253. The number of amides is 4. The van der Waals surface area contributed by atoms with Gasteiger partial charge in [0.15, 0.2) is 11.9 Å². The van der Waals surface area contributed by atoms with Crippen molar-refractivity contribution in [2.45, 2.75) is 143 Å². The predicted molar refractivity (Wildman–Crippen MR) is 201 cm³/mol. The number of allylic oxidation sites excluding steroid dienone is 1. The van der Waals surface area contributed by atoms with Gasteiger partial charge in [0.2, 0.25) is 21.8 Å². The number of ether oxygens (including phenoxy) is 2. The summed E-state index contributed by atoms with van der Waals surface area (Å²) < 4.78 is 127. The average Bonchev–Trinajstić information content (AvgIpc) is 3.83. The van der Waals surface area contributed by atoms with Crippen molar-refractivity contribution in [2.24, 2.45) is 5.92 Å². The van der Waals surface area contributed by atoms with Gasteiger partial charge in [-0.1, -0.05) is 43.2 Å². The molecule has 4 fully saturated rings. The number of nitrogens with zero attached hydrogens (tertiary/aromatic N) is 2. The second-order valence-electron chi connectivity index (χ2n) is 17.4. The number of benzene rings is 1. The molecule has 3 N–H and O–H groups in total. The fourth-order valence-corrected chi connectivity index (χ4v) is 10.4. The van der Waals surface area contributed by atoms with Crippen LogP contribution in [-0.4, -0.2) is 94.6 Å². The van der Waals surface area contributed by atoms with E-state index in [1.165, 1.54) is 19.9 Å². The maximum atomic E-state index is 16.7. The molecule has 326 valence electrons. The molecule has 13 nitrogen and oxygen atoms in total. The molecule has 3 aliphatic heterocycles. The Morgan fingerprint density at radius 1 is 1.00 bits per heavy atom. The summed E-state index contributed by atoms with van der Waals surface area (Å²) >= 11 is 0. The molecular weight excluding hydrogens is 825 g/mol. The van der Waals surface area contributed by atoms with Crippen LogP contribution in [0.5, 0.6) is 5.75 Å². The van der Waals surface area contributed by atoms with Crippen molar-refractivity contribution >= 4 is 44.7 Å². The molecule has 1 saturated heterocycles. The van der Waals surface area contributed by atoms with Crippen molar-refractivity contribution in [3.05, 3.63) is 47.7 Å². The predicted octanol–water partition coefficient (Wildman–Crippen LogP) is 5.68. The summed E-state index contributed by atoms with van der Waals surface area (Å²) in [5.74, 6) is -16.6. The number of hydrogen-bond acceptors (Lipinski definition) is 9. The molecule has 60 heavy (non-hydrogen) atoms. The lowest BCUT2D eigenvalue weighted by molar-refractivity contribution is -0.329. The molecule has 2 aromatic rings. The number of carbonyl (C=O) groups is 4. The van der Waals surface area contributed by atoms with Gasteiger partial charge in [0.25, 0.3) is 11.8 Å². The molecule has 20 heteroatoms. The number of nitrogens with one attached hydrogen (secondary N) is 3. The monoisotopic (exact) mass is 869 g/mol. The van der Waals surface area contributed by atoms with Crippen LogP contribution < -0.4 is 20.1 Å². The van der Waals surface area contributed by atoms with Crippen molar-refractivity contribution < 1.29 is 63.4 Å². The molecule has 6 atom stereocenters. The third-order valence-corrected chi connectivity index (χ3v) is 15.4. The molecule has 0 radical (unpaired) electrons. The number of aromatic nitrogens is 1. The van der Waals surface area contributed by atoms with E-state index in [4.69, 9.17) is 4.74 Å². The summed E-state index contributed by atoms with van der Waals surface area (Å²) in [5.41, 5.74) is -3.82. The largest absolute Gasteiger partial charge is 0.483 e. The third-order valence-electron chi connectivity index (χ3n) is 13.2. The first-order valence-corrected chi connectivity index (χ1v) is 21.6. The Hall–Kier alpha value is -4.62. The van der Waals surface area contributed by atoms with E-state index in [1.54, 1.807) is 30.4 Å². The molecule has 1 spiro atoms. The number of hydrogen-bond donors (Lipinski definition) is 3. The van der Waals surface area contributed by atoms with E-state index < -0.39 is 123 Å². The Morgan fingerprint density at radius 2 is 1.73 bits per heavy atom. The minimum atomic E-state index is -4.66. The van der Waals surface area contributed by atoms with Crippen LogP contribution in [0.25, 0.3) is 10.9 Å². The van der Waals surface area contributed by atoms with Crippen LogP contribution in [0.1, 0.15) is 95.2 Å². The van der Waals surface area contributed by atoms with Gasteiger partial charge in [-0.05, 0) is 64.9 Å². The van der Waals surface area contributed by atoms with Gasteiger partial charge in [-0.3, -0.25) is 19.1 Å². The summed E-state index contributed by atoms with van der Waals surface area (Å²) in [7, 11) is -4.18. The summed E-state index contributed by atoms with van der Waals surface area (Å²) in [5, 5.41) is 5.04. The number of para-hydroxylation sites is 1. The van der Waals surface area contributed by atoms with E-state index in [0.717, 1.165) is 4.90 Å². The van der Waals surface area contributed by atoms with E-state index in [-0.39, 0.29) is 41.6 Å². The van der Waals surface area contributed by atoms with Crippen LogP contribution in [-0.2, 0) is 35.1 Å². The highest BCUT2D eigenvalue weighted by Crippen LogP contribution is 2.55. The Morgan fingerprint density at radius 3 is 2.40 bits per heavy atom. The standard InChI is InChI=1S/C40H45F6N5O8S/c1-22-30-29(24-11-8-9-12-25(24)47-22)38(41,42)20-36(59-30)18-27-31(52)49-37(33(54)50-60(56,57)35(2)16-17-35)15-14-23(37)10-6-4-3-5-7-13-26(32(53)51(27)21-36)48-34(55)58-28-19-39(43,44)40(28,45)46/h6,8-12,23,26-28H,3-5,7,13-21H2,1-2H3,(H,48,55)(H,49,52)(H,50,54).